The average Bonchev–Trinajstić information content (AvgIpc) is 2.89. The predicted molar refractivity (Wildman–Crippen MR) is 146 cm³/mol. The Morgan fingerprint density at radius 2 is 1.81 bits per heavy atom. The van der Waals surface area contributed by atoms with E-state index in [9.17, 15) is 9.18 Å². The van der Waals surface area contributed by atoms with Crippen molar-refractivity contribution >= 4 is 52.4 Å². The third-order valence-electron chi connectivity index (χ3n) is 6.19. The van der Waals surface area contributed by atoms with E-state index < -0.39 is 0 Å². The molecular weight excluding hydrogens is 477 g/mol. The first kappa shape index (κ1) is 25.2. The summed E-state index contributed by atoms with van der Waals surface area (Å²) in [6.07, 6.45) is 7.25. The monoisotopic (exact) mass is 503 g/mol. The van der Waals surface area contributed by atoms with Crippen molar-refractivity contribution in [1.82, 2.24) is 4.98 Å². The lowest BCUT2D eigenvalue weighted by Gasteiger charge is -2.22. The van der Waals surface area contributed by atoms with E-state index >= 15 is 0 Å². The molecule has 0 fully saturated rings. The summed E-state index contributed by atoms with van der Waals surface area (Å²) in [4.78, 5) is 17.5. The number of hydrogen-bond donors (Lipinski definition) is 2. The highest BCUT2D eigenvalue weighted by Crippen LogP contribution is 2.38. The molecular formula is C29H27ClFN3O2. The van der Waals surface area contributed by atoms with E-state index in [-0.39, 0.29) is 24.1 Å². The van der Waals surface area contributed by atoms with Crippen LogP contribution in [0.3, 0.4) is 0 Å². The standard InChI is InChI=1S/C29H26FN3O2.ClH/c1-35-27-9-5-4-8-26(27)33-29-22-6-2-3-7-24(22)32-25-16-15-21(18-23(25)29)31-28(34)17-12-19-10-13-20(30)14-11-19;/h4-5,8-18H,2-3,6-7H2,1H3,(H,31,34)(H,32,33);1H/b17-12+;. The molecule has 1 aliphatic rings. The van der Waals surface area contributed by atoms with E-state index in [1.807, 2.05) is 42.5 Å². The summed E-state index contributed by atoms with van der Waals surface area (Å²) in [7, 11) is 1.66. The van der Waals surface area contributed by atoms with Crippen LogP contribution in [0.25, 0.3) is 17.0 Å². The van der Waals surface area contributed by atoms with Gasteiger partial charge in [-0.25, -0.2) is 4.39 Å². The number of anilines is 3. The molecule has 1 amide bonds. The maximum Gasteiger partial charge on any atom is 0.248 e. The van der Waals surface area contributed by atoms with Gasteiger partial charge < -0.3 is 15.4 Å². The number of fused-ring (bicyclic) bond motifs is 2. The summed E-state index contributed by atoms with van der Waals surface area (Å²) < 4.78 is 18.7. The lowest BCUT2D eigenvalue weighted by atomic mass is 9.92. The van der Waals surface area contributed by atoms with Gasteiger partial charge in [-0.05, 0) is 85.4 Å². The lowest BCUT2D eigenvalue weighted by molar-refractivity contribution is -0.111. The first-order valence-corrected chi connectivity index (χ1v) is 11.7. The summed E-state index contributed by atoms with van der Waals surface area (Å²) in [6, 6.07) is 19.6. The molecule has 5 rings (SSSR count). The molecule has 0 radical (unpaired) electrons. The van der Waals surface area contributed by atoms with E-state index in [1.165, 1.54) is 23.8 Å². The van der Waals surface area contributed by atoms with Crippen LogP contribution in [0.4, 0.5) is 21.5 Å². The molecule has 4 aromatic rings. The Morgan fingerprint density at radius 3 is 2.61 bits per heavy atom. The van der Waals surface area contributed by atoms with Crippen molar-refractivity contribution in [2.24, 2.45) is 0 Å². The second-order valence-corrected chi connectivity index (χ2v) is 8.55. The number of halogens is 2. The van der Waals surface area contributed by atoms with Crippen LogP contribution in [0.2, 0.25) is 0 Å². The zero-order valence-corrected chi connectivity index (χ0v) is 20.7. The first-order chi connectivity index (χ1) is 17.1. The van der Waals surface area contributed by atoms with E-state index in [4.69, 9.17) is 9.72 Å². The largest absolute Gasteiger partial charge is 0.495 e. The molecule has 1 aromatic heterocycles. The number of amides is 1. The van der Waals surface area contributed by atoms with Gasteiger partial charge in [0.15, 0.2) is 0 Å². The number of ether oxygens (including phenoxy) is 1. The highest BCUT2D eigenvalue weighted by molar-refractivity contribution is 6.04. The van der Waals surface area contributed by atoms with Gasteiger partial charge in [0.2, 0.25) is 5.91 Å². The molecule has 0 unspecified atom stereocenters. The fourth-order valence-corrected chi connectivity index (χ4v) is 4.46. The van der Waals surface area contributed by atoms with Crippen molar-refractivity contribution in [2.75, 3.05) is 17.7 Å². The van der Waals surface area contributed by atoms with Crippen molar-refractivity contribution in [3.63, 3.8) is 0 Å². The fourth-order valence-electron chi connectivity index (χ4n) is 4.46. The number of nitrogens with zero attached hydrogens (tertiary/aromatic N) is 1. The third-order valence-corrected chi connectivity index (χ3v) is 6.19. The quantitative estimate of drug-likeness (QED) is 0.276. The van der Waals surface area contributed by atoms with Crippen molar-refractivity contribution in [3.05, 3.63) is 95.4 Å². The molecule has 1 aliphatic carbocycles. The number of methoxy groups -OCH3 is 1. The Balaban J connectivity index is 0.00000304. The van der Waals surface area contributed by atoms with Crippen LogP contribution in [-0.2, 0) is 17.6 Å². The van der Waals surface area contributed by atoms with E-state index in [0.717, 1.165) is 65.0 Å². The molecule has 0 saturated heterocycles. The summed E-state index contributed by atoms with van der Waals surface area (Å²) >= 11 is 0. The van der Waals surface area contributed by atoms with Gasteiger partial charge in [0.05, 0.1) is 24.0 Å². The maximum atomic E-state index is 13.1. The zero-order chi connectivity index (χ0) is 24.2. The number of pyridine rings is 1. The molecule has 36 heavy (non-hydrogen) atoms. The summed E-state index contributed by atoms with van der Waals surface area (Å²) in [5.74, 6) is 0.187. The highest BCUT2D eigenvalue weighted by Gasteiger charge is 2.19. The minimum atomic E-state index is -0.309. The van der Waals surface area contributed by atoms with Crippen LogP contribution in [0.1, 0.15) is 29.7 Å². The second-order valence-electron chi connectivity index (χ2n) is 8.55. The number of hydrogen-bond acceptors (Lipinski definition) is 4. The Labute approximate surface area is 215 Å². The highest BCUT2D eigenvalue weighted by atomic mass is 35.5. The summed E-state index contributed by atoms with van der Waals surface area (Å²) in [5.41, 5.74) is 6.53. The zero-order valence-electron chi connectivity index (χ0n) is 19.9. The Kier molecular flexibility index (Phi) is 7.86. The number of para-hydroxylation sites is 2. The number of rotatable bonds is 6. The van der Waals surface area contributed by atoms with Gasteiger partial charge in [0, 0.05) is 22.8 Å². The molecule has 0 spiro atoms. The average molecular weight is 504 g/mol. The van der Waals surface area contributed by atoms with Crippen molar-refractivity contribution in [3.8, 4) is 5.75 Å². The van der Waals surface area contributed by atoms with Gasteiger partial charge in [0.1, 0.15) is 11.6 Å². The molecule has 3 aromatic carbocycles. The fraction of sp³-hybridized carbons (Fsp3) is 0.172. The van der Waals surface area contributed by atoms with Crippen LogP contribution in [0.15, 0.2) is 72.8 Å². The first-order valence-electron chi connectivity index (χ1n) is 11.7. The van der Waals surface area contributed by atoms with E-state index in [1.54, 1.807) is 25.3 Å². The lowest BCUT2D eigenvalue weighted by Crippen LogP contribution is -2.11. The normalized spacial score (nSPS) is 12.6. The van der Waals surface area contributed by atoms with Gasteiger partial charge in [-0.15, -0.1) is 12.4 Å². The molecule has 0 saturated carbocycles. The van der Waals surface area contributed by atoms with Crippen LogP contribution in [-0.4, -0.2) is 18.0 Å². The number of aromatic nitrogens is 1. The number of carbonyl (C=O) groups excluding carboxylic acids is 1. The van der Waals surface area contributed by atoms with Crippen molar-refractivity contribution in [2.45, 2.75) is 25.7 Å². The molecule has 0 aliphatic heterocycles. The number of aryl methyl sites for hydroxylation is 1. The van der Waals surface area contributed by atoms with Gasteiger partial charge >= 0.3 is 0 Å². The minimum Gasteiger partial charge on any atom is -0.495 e. The smallest absolute Gasteiger partial charge is 0.248 e. The van der Waals surface area contributed by atoms with Gasteiger partial charge in [0.25, 0.3) is 0 Å². The molecule has 0 atom stereocenters. The predicted octanol–water partition coefficient (Wildman–Crippen LogP) is 7.08. The summed E-state index contributed by atoms with van der Waals surface area (Å²) in [5, 5.41) is 7.47. The number of benzene rings is 3. The van der Waals surface area contributed by atoms with Crippen LogP contribution in [0.5, 0.6) is 5.75 Å². The molecule has 1 heterocycles. The topological polar surface area (TPSA) is 63.2 Å². The number of nitrogens with one attached hydrogen (secondary N) is 2. The van der Waals surface area contributed by atoms with E-state index in [0.29, 0.717) is 5.69 Å². The Morgan fingerprint density at radius 1 is 1.03 bits per heavy atom. The summed E-state index contributed by atoms with van der Waals surface area (Å²) in [6.45, 7) is 0. The number of carbonyl (C=O) groups is 1. The molecule has 0 bridgehead atoms. The Bertz CT molecular complexity index is 1420. The van der Waals surface area contributed by atoms with E-state index in [2.05, 4.69) is 10.6 Å². The maximum absolute atomic E-state index is 13.1. The van der Waals surface area contributed by atoms with Crippen molar-refractivity contribution in [1.29, 1.82) is 0 Å². The molecule has 7 heteroatoms. The van der Waals surface area contributed by atoms with Crippen LogP contribution in [0, 0.1) is 5.82 Å². The van der Waals surface area contributed by atoms with Crippen LogP contribution >= 0.6 is 12.4 Å². The van der Waals surface area contributed by atoms with Crippen LogP contribution < -0.4 is 15.4 Å². The molecule has 184 valence electrons. The SMILES string of the molecule is COc1ccccc1Nc1c2c(nc3ccc(NC(=O)/C=C/c4ccc(F)cc4)cc13)CCCC2.Cl. The van der Waals surface area contributed by atoms with Crippen molar-refractivity contribution < 1.29 is 13.9 Å². The third kappa shape index (κ3) is 5.50. The molecule has 5 nitrogen and oxygen atoms in total. The minimum absolute atomic E-state index is 0. The van der Waals surface area contributed by atoms with Gasteiger partial charge in [-0.3, -0.25) is 9.78 Å². The van der Waals surface area contributed by atoms with Gasteiger partial charge in [-0.2, -0.15) is 0 Å². The molecule has 2 N–H and O–H groups in total. The second kappa shape index (κ2) is 11.2. The van der Waals surface area contributed by atoms with Gasteiger partial charge in [-0.1, -0.05) is 24.3 Å². The Hall–Kier alpha value is -3.90.